The number of anilines is 1. The van der Waals surface area contributed by atoms with Crippen LogP contribution in [-0.4, -0.2) is 37.5 Å². The lowest BCUT2D eigenvalue weighted by atomic mass is 10.2. The van der Waals surface area contributed by atoms with Crippen molar-refractivity contribution in [2.45, 2.75) is 13.0 Å². The Bertz CT molecular complexity index is 771. The molecular weight excluding hydrogens is 359 g/mol. The molecule has 138 valence electrons. The van der Waals surface area contributed by atoms with Crippen molar-refractivity contribution < 1.29 is 18.7 Å². The number of ether oxygens (including phenoxy) is 1. The Morgan fingerprint density at radius 2 is 1.81 bits per heavy atom. The third-order valence-corrected chi connectivity index (χ3v) is 4.13. The molecule has 26 heavy (non-hydrogen) atoms. The topological polar surface area (TPSA) is 49.9 Å². The van der Waals surface area contributed by atoms with Crippen LogP contribution >= 0.6 is 11.6 Å². The minimum Gasteiger partial charge on any atom is -0.445 e. The number of carbonyl (C=O) groups excluding carboxylic acids is 2. The molecule has 0 heterocycles. The Morgan fingerprint density at radius 1 is 1.12 bits per heavy atom. The van der Waals surface area contributed by atoms with Crippen molar-refractivity contribution in [3.8, 4) is 0 Å². The molecule has 0 aromatic heterocycles. The van der Waals surface area contributed by atoms with Crippen molar-refractivity contribution >= 4 is 29.3 Å². The highest BCUT2D eigenvalue weighted by Crippen LogP contribution is 2.22. The third-order valence-electron chi connectivity index (χ3n) is 3.84. The first-order chi connectivity index (χ1) is 12.4. The predicted octanol–water partition coefficient (Wildman–Crippen LogP) is 4.10. The molecule has 0 aliphatic rings. The van der Waals surface area contributed by atoms with Gasteiger partial charge >= 0.3 is 6.09 Å². The van der Waals surface area contributed by atoms with Gasteiger partial charge in [0.25, 0.3) is 0 Å². The number of nitrogens with zero attached hydrogens (tertiary/aromatic N) is 2. The Kier molecular flexibility index (Phi) is 6.97. The van der Waals surface area contributed by atoms with Gasteiger partial charge in [0.1, 0.15) is 12.4 Å². The number of halogens is 2. The summed E-state index contributed by atoms with van der Waals surface area (Å²) >= 11 is 5.73. The van der Waals surface area contributed by atoms with Gasteiger partial charge in [-0.15, -0.1) is 0 Å². The van der Waals surface area contributed by atoms with Crippen LogP contribution in [0, 0.1) is 5.82 Å². The van der Waals surface area contributed by atoms with Crippen LogP contribution in [0.2, 0.25) is 5.02 Å². The first-order valence-electron chi connectivity index (χ1n) is 8.02. The molecule has 0 aliphatic carbocycles. The molecule has 0 saturated heterocycles. The van der Waals surface area contributed by atoms with Crippen molar-refractivity contribution in [2.75, 3.05) is 25.5 Å². The lowest BCUT2D eigenvalue weighted by Crippen LogP contribution is -2.33. The highest BCUT2D eigenvalue weighted by molar-refractivity contribution is 6.31. The van der Waals surface area contributed by atoms with Crippen LogP contribution in [0.1, 0.15) is 12.0 Å². The second-order valence-electron chi connectivity index (χ2n) is 5.76. The molecule has 0 spiro atoms. The summed E-state index contributed by atoms with van der Waals surface area (Å²) in [6, 6.07) is 13.4. The molecule has 0 radical (unpaired) electrons. The van der Waals surface area contributed by atoms with E-state index in [1.165, 1.54) is 28.0 Å². The van der Waals surface area contributed by atoms with Crippen LogP contribution in [0.3, 0.4) is 0 Å². The zero-order valence-electron chi connectivity index (χ0n) is 14.6. The number of rotatable bonds is 6. The summed E-state index contributed by atoms with van der Waals surface area (Å²) in [6.45, 7) is 0.373. The number of hydrogen-bond acceptors (Lipinski definition) is 3. The van der Waals surface area contributed by atoms with Gasteiger partial charge in [-0.2, -0.15) is 0 Å². The molecule has 2 rings (SSSR count). The van der Waals surface area contributed by atoms with E-state index in [9.17, 15) is 14.0 Å². The van der Waals surface area contributed by atoms with Gasteiger partial charge in [-0.25, -0.2) is 9.18 Å². The fraction of sp³-hybridized carbons (Fsp3) is 0.263. The standard InChI is InChI=1S/C19H20ClFN2O3/c1-22(19(25)26-13-14-6-4-3-5-7-14)11-10-18(24)23(2)15-8-9-17(21)16(20)12-15/h3-9,12H,10-11,13H2,1-2H3. The monoisotopic (exact) mass is 378 g/mol. The van der Waals surface area contributed by atoms with Gasteiger partial charge in [0.2, 0.25) is 5.91 Å². The van der Waals surface area contributed by atoms with E-state index < -0.39 is 11.9 Å². The molecule has 0 fully saturated rings. The minimum absolute atomic E-state index is 0.0521. The van der Waals surface area contributed by atoms with E-state index in [4.69, 9.17) is 16.3 Å². The highest BCUT2D eigenvalue weighted by Gasteiger charge is 2.16. The molecule has 0 saturated carbocycles. The van der Waals surface area contributed by atoms with Crippen molar-refractivity contribution in [1.82, 2.24) is 4.90 Å². The summed E-state index contributed by atoms with van der Waals surface area (Å²) in [7, 11) is 3.13. The highest BCUT2D eigenvalue weighted by atomic mass is 35.5. The summed E-state index contributed by atoms with van der Waals surface area (Å²) in [4.78, 5) is 26.9. The van der Waals surface area contributed by atoms with E-state index in [1.807, 2.05) is 30.3 Å². The summed E-state index contributed by atoms with van der Waals surface area (Å²) in [5.41, 5.74) is 1.37. The van der Waals surface area contributed by atoms with Crippen molar-refractivity contribution in [3.63, 3.8) is 0 Å². The lowest BCUT2D eigenvalue weighted by Gasteiger charge is -2.21. The smallest absolute Gasteiger partial charge is 0.409 e. The molecule has 0 aliphatic heterocycles. The average molecular weight is 379 g/mol. The van der Waals surface area contributed by atoms with Gasteiger partial charge in [0.15, 0.2) is 0 Å². The van der Waals surface area contributed by atoms with E-state index in [0.717, 1.165) is 5.56 Å². The molecule has 0 bridgehead atoms. The first kappa shape index (κ1) is 19.7. The number of carbonyl (C=O) groups is 2. The molecule has 7 heteroatoms. The Balaban J connectivity index is 1.81. The summed E-state index contributed by atoms with van der Waals surface area (Å²) in [6.07, 6.45) is -0.406. The number of benzene rings is 2. The van der Waals surface area contributed by atoms with Gasteiger partial charge in [-0.1, -0.05) is 41.9 Å². The van der Waals surface area contributed by atoms with Gasteiger partial charge in [-0.05, 0) is 23.8 Å². The fourth-order valence-corrected chi connectivity index (χ4v) is 2.36. The number of hydrogen-bond donors (Lipinski definition) is 0. The largest absolute Gasteiger partial charge is 0.445 e. The lowest BCUT2D eigenvalue weighted by molar-refractivity contribution is -0.118. The summed E-state index contributed by atoms with van der Waals surface area (Å²) < 4.78 is 18.4. The molecule has 0 N–H and O–H groups in total. The van der Waals surface area contributed by atoms with Gasteiger partial charge in [0, 0.05) is 32.7 Å². The first-order valence-corrected chi connectivity index (χ1v) is 8.39. The molecule has 2 aromatic rings. The SMILES string of the molecule is CN(CCC(=O)N(C)c1ccc(F)c(Cl)c1)C(=O)OCc1ccccc1. The van der Waals surface area contributed by atoms with Gasteiger partial charge in [-0.3, -0.25) is 4.79 Å². The van der Waals surface area contributed by atoms with Crippen LogP contribution in [0.5, 0.6) is 0 Å². The molecule has 0 atom stereocenters. The van der Waals surface area contributed by atoms with Gasteiger partial charge < -0.3 is 14.5 Å². The molecular formula is C19H20ClFN2O3. The van der Waals surface area contributed by atoms with Crippen molar-refractivity contribution in [1.29, 1.82) is 0 Å². The quantitative estimate of drug-likeness (QED) is 0.760. The van der Waals surface area contributed by atoms with Crippen molar-refractivity contribution in [2.24, 2.45) is 0 Å². The zero-order chi connectivity index (χ0) is 19.1. The Morgan fingerprint density at radius 3 is 2.46 bits per heavy atom. The average Bonchev–Trinajstić information content (AvgIpc) is 2.66. The molecule has 5 nitrogen and oxygen atoms in total. The fourth-order valence-electron chi connectivity index (χ4n) is 2.19. The maximum absolute atomic E-state index is 13.2. The maximum atomic E-state index is 13.2. The van der Waals surface area contributed by atoms with E-state index in [0.29, 0.717) is 5.69 Å². The predicted molar refractivity (Wildman–Crippen MR) is 98.7 cm³/mol. The number of amides is 2. The second kappa shape index (κ2) is 9.20. The van der Waals surface area contributed by atoms with E-state index in [2.05, 4.69) is 0 Å². The van der Waals surface area contributed by atoms with Crippen molar-refractivity contribution in [3.05, 3.63) is 64.9 Å². The van der Waals surface area contributed by atoms with Crippen LogP contribution in [0.4, 0.5) is 14.9 Å². The molecule has 0 unspecified atom stereocenters. The summed E-state index contributed by atoms with van der Waals surface area (Å²) in [5, 5.41) is -0.0521. The molecule has 2 amide bonds. The van der Waals surface area contributed by atoms with Crippen LogP contribution in [-0.2, 0) is 16.1 Å². The zero-order valence-corrected chi connectivity index (χ0v) is 15.4. The van der Waals surface area contributed by atoms with E-state index >= 15 is 0 Å². The molecule has 2 aromatic carbocycles. The Labute approximate surface area is 156 Å². The van der Waals surface area contributed by atoms with Crippen LogP contribution in [0.15, 0.2) is 48.5 Å². The Hall–Kier alpha value is -2.60. The van der Waals surface area contributed by atoms with Gasteiger partial charge in [0.05, 0.1) is 5.02 Å². The second-order valence-corrected chi connectivity index (χ2v) is 6.17. The minimum atomic E-state index is -0.544. The maximum Gasteiger partial charge on any atom is 0.409 e. The third kappa shape index (κ3) is 5.46. The van der Waals surface area contributed by atoms with Crippen LogP contribution < -0.4 is 4.90 Å². The summed E-state index contributed by atoms with van der Waals surface area (Å²) in [5.74, 6) is -0.771. The normalized spacial score (nSPS) is 10.3. The van der Waals surface area contributed by atoms with E-state index in [1.54, 1.807) is 14.1 Å². The van der Waals surface area contributed by atoms with E-state index in [-0.39, 0.29) is 30.5 Å². The van der Waals surface area contributed by atoms with Crippen LogP contribution in [0.25, 0.3) is 0 Å².